The van der Waals surface area contributed by atoms with E-state index in [-0.39, 0.29) is 0 Å². The third-order valence-electron chi connectivity index (χ3n) is 4.09. The molecule has 0 saturated heterocycles. The van der Waals surface area contributed by atoms with Gasteiger partial charge in [0.05, 0.1) is 11.6 Å². The average molecular weight is 312 g/mol. The van der Waals surface area contributed by atoms with Crippen molar-refractivity contribution < 1.29 is 4.74 Å². The summed E-state index contributed by atoms with van der Waals surface area (Å²) in [6, 6.07) is 7.11. The summed E-state index contributed by atoms with van der Waals surface area (Å²) in [6.45, 7) is 2.41. The van der Waals surface area contributed by atoms with E-state index in [1.165, 1.54) is 24.8 Å². The molecule has 0 spiro atoms. The van der Waals surface area contributed by atoms with Crippen LogP contribution in [0.15, 0.2) is 22.7 Å². The standard InChI is InChI=1S/C15H22BrNO/c1-15(7-6-12(10-15)17-2)9-11-4-5-14(18-3)13(16)8-11/h4-5,8,12,17H,6-7,9-10H2,1-3H3. The van der Waals surface area contributed by atoms with E-state index >= 15 is 0 Å². The van der Waals surface area contributed by atoms with Crippen LogP contribution in [0.4, 0.5) is 0 Å². The van der Waals surface area contributed by atoms with Gasteiger partial charge >= 0.3 is 0 Å². The van der Waals surface area contributed by atoms with Gasteiger partial charge in [0.25, 0.3) is 0 Å². The maximum absolute atomic E-state index is 5.27. The van der Waals surface area contributed by atoms with E-state index in [4.69, 9.17) is 4.74 Å². The lowest BCUT2D eigenvalue weighted by molar-refractivity contribution is 0.324. The monoisotopic (exact) mass is 311 g/mol. The molecule has 2 unspecified atom stereocenters. The zero-order chi connectivity index (χ0) is 13.2. The molecule has 1 N–H and O–H groups in total. The van der Waals surface area contributed by atoms with Crippen molar-refractivity contribution >= 4 is 15.9 Å². The highest BCUT2D eigenvalue weighted by atomic mass is 79.9. The molecule has 1 aliphatic rings. The second-order valence-electron chi connectivity index (χ2n) is 5.68. The molecule has 2 rings (SSSR count). The van der Waals surface area contributed by atoms with Gasteiger partial charge in [-0.15, -0.1) is 0 Å². The number of hydrogen-bond acceptors (Lipinski definition) is 2. The Morgan fingerprint density at radius 1 is 1.50 bits per heavy atom. The lowest BCUT2D eigenvalue weighted by Crippen LogP contribution is -2.24. The molecule has 100 valence electrons. The smallest absolute Gasteiger partial charge is 0.133 e. The van der Waals surface area contributed by atoms with Crippen molar-refractivity contribution in [2.24, 2.45) is 5.41 Å². The van der Waals surface area contributed by atoms with Gasteiger partial charge in [-0.3, -0.25) is 0 Å². The second kappa shape index (κ2) is 5.62. The first kappa shape index (κ1) is 13.9. The Kier molecular flexibility index (Phi) is 4.33. The topological polar surface area (TPSA) is 21.3 Å². The van der Waals surface area contributed by atoms with Crippen LogP contribution in [-0.2, 0) is 6.42 Å². The number of rotatable bonds is 4. The summed E-state index contributed by atoms with van der Waals surface area (Å²) in [4.78, 5) is 0. The molecule has 1 fully saturated rings. The fraction of sp³-hybridized carbons (Fsp3) is 0.600. The molecule has 0 aromatic heterocycles. The van der Waals surface area contributed by atoms with E-state index in [1.807, 2.05) is 6.07 Å². The van der Waals surface area contributed by atoms with Crippen LogP contribution in [0.2, 0.25) is 0 Å². The molecule has 1 aromatic rings. The number of benzene rings is 1. The van der Waals surface area contributed by atoms with Crippen molar-refractivity contribution in [3.8, 4) is 5.75 Å². The molecule has 0 bridgehead atoms. The zero-order valence-corrected chi connectivity index (χ0v) is 13.0. The summed E-state index contributed by atoms with van der Waals surface area (Å²) >= 11 is 3.56. The molecule has 0 amide bonds. The predicted molar refractivity (Wildman–Crippen MR) is 79.2 cm³/mol. The molecular weight excluding hydrogens is 290 g/mol. The number of hydrogen-bond donors (Lipinski definition) is 1. The van der Waals surface area contributed by atoms with E-state index in [0.717, 1.165) is 16.6 Å². The van der Waals surface area contributed by atoms with Crippen LogP contribution in [0.5, 0.6) is 5.75 Å². The molecule has 2 nitrogen and oxygen atoms in total. The number of nitrogens with one attached hydrogen (secondary N) is 1. The first-order valence-corrected chi connectivity index (χ1v) is 7.35. The average Bonchev–Trinajstić information content (AvgIpc) is 2.71. The highest BCUT2D eigenvalue weighted by Gasteiger charge is 2.34. The Morgan fingerprint density at radius 2 is 2.28 bits per heavy atom. The summed E-state index contributed by atoms with van der Waals surface area (Å²) in [5.74, 6) is 0.906. The first-order chi connectivity index (χ1) is 8.56. The van der Waals surface area contributed by atoms with Gasteiger partial charge in [-0.25, -0.2) is 0 Å². The zero-order valence-electron chi connectivity index (χ0n) is 11.4. The minimum absolute atomic E-state index is 0.432. The maximum Gasteiger partial charge on any atom is 0.133 e. The van der Waals surface area contributed by atoms with Gasteiger partial charge in [-0.2, -0.15) is 0 Å². The summed E-state index contributed by atoms with van der Waals surface area (Å²) in [5, 5.41) is 3.41. The molecule has 0 radical (unpaired) electrons. The van der Waals surface area contributed by atoms with Crippen molar-refractivity contribution in [2.45, 2.75) is 38.6 Å². The largest absolute Gasteiger partial charge is 0.496 e. The lowest BCUT2D eigenvalue weighted by Gasteiger charge is -2.24. The number of methoxy groups -OCH3 is 1. The number of ether oxygens (including phenoxy) is 1. The fourth-order valence-corrected chi connectivity index (χ4v) is 3.63. The quantitative estimate of drug-likeness (QED) is 0.913. The van der Waals surface area contributed by atoms with E-state index in [2.05, 4.69) is 47.4 Å². The molecule has 0 heterocycles. The van der Waals surface area contributed by atoms with Crippen LogP contribution in [0, 0.1) is 5.41 Å². The Hall–Kier alpha value is -0.540. The lowest BCUT2D eigenvalue weighted by atomic mass is 9.82. The van der Waals surface area contributed by atoms with Gasteiger partial charge in [0, 0.05) is 6.04 Å². The van der Waals surface area contributed by atoms with Crippen LogP contribution < -0.4 is 10.1 Å². The highest BCUT2D eigenvalue weighted by molar-refractivity contribution is 9.10. The third kappa shape index (κ3) is 3.07. The van der Waals surface area contributed by atoms with E-state index in [1.54, 1.807) is 7.11 Å². The van der Waals surface area contributed by atoms with E-state index < -0.39 is 0 Å². The maximum atomic E-state index is 5.27. The molecule has 1 aromatic carbocycles. The molecule has 18 heavy (non-hydrogen) atoms. The van der Waals surface area contributed by atoms with E-state index in [9.17, 15) is 0 Å². The Bertz CT molecular complexity index is 421. The molecule has 0 aliphatic heterocycles. The van der Waals surface area contributed by atoms with Crippen LogP contribution in [0.1, 0.15) is 31.7 Å². The minimum atomic E-state index is 0.432. The van der Waals surface area contributed by atoms with Gasteiger partial charge in [0.2, 0.25) is 0 Å². The van der Waals surface area contributed by atoms with E-state index in [0.29, 0.717) is 11.5 Å². The van der Waals surface area contributed by atoms with Crippen molar-refractivity contribution in [3.05, 3.63) is 28.2 Å². The Morgan fingerprint density at radius 3 is 2.83 bits per heavy atom. The van der Waals surface area contributed by atoms with Crippen molar-refractivity contribution in [3.63, 3.8) is 0 Å². The van der Waals surface area contributed by atoms with Gasteiger partial charge in [-0.05, 0) is 71.8 Å². The Labute approximate surface area is 118 Å². The molecule has 2 atom stereocenters. The predicted octanol–water partition coefficient (Wildman–Crippen LogP) is 3.78. The van der Waals surface area contributed by atoms with Gasteiger partial charge in [0.15, 0.2) is 0 Å². The third-order valence-corrected chi connectivity index (χ3v) is 4.71. The van der Waals surface area contributed by atoms with Crippen LogP contribution in [-0.4, -0.2) is 20.2 Å². The van der Waals surface area contributed by atoms with Crippen molar-refractivity contribution in [2.75, 3.05) is 14.2 Å². The first-order valence-electron chi connectivity index (χ1n) is 6.56. The Balaban J connectivity index is 2.07. The van der Waals surface area contributed by atoms with Gasteiger partial charge in [-0.1, -0.05) is 13.0 Å². The summed E-state index contributed by atoms with van der Waals surface area (Å²) in [7, 11) is 3.77. The van der Waals surface area contributed by atoms with Crippen molar-refractivity contribution in [1.82, 2.24) is 5.32 Å². The summed E-state index contributed by atoms with van der Waals surface area (Å²) in [6.07, 6.45) is 5.02. The minimum Gasteiger partial charge on any atom is -0.496 e. The second-order valence-corrected chi connectivity index (χ2v) is 6.54. The molecule has 1 aliphatic carbocycles. The molecule has 3 heteroatoms. The van der Waals surface area contributed by atoms with Gasteiger partial charge < -0.3 is 10.1 Å². The van der Waals surface area contributed by atoms with Gasteiger partial charge in [0.1, 0.15) is 5.75 Å². The van der Waals surface area contributed by atoms with Crippen LogP contribution in [0.25, 0.3) is 0 Å². The summed E-state index contributed by atoms with van der Waals surface area (Å²) < 4.78 is 6.32. The fourth-order valence-electron chi connectivity index (χ4n) is 3.04. The normalized spacial score (nSPS) is 27.4. The molecule has 1 saturated carbocycles. The van der Waals surface area contributed by atoms with Crippen LogP contribution >= 0.6 is 15.9 Å². The summed E-state index contributed by atoms with van der Waals surface area (Å²) in [5.41, 5.74) is 1.82. The highest BCUT2D eigenvalue weighted by Crippen LogP contribution is 2.41. The van der Waals surface area contributed by atoms with Crippen LogP contribution in [0.3, 0.4) is 0 Å². The number of halogens is 1. The SMILES string of the molecule is CNC1CCC(C)(Cc2ccc(OC)c(Br)c2)C1. The molecular formula is C15H22BrNO. The van der Waals surface area contributed by atoms with Crippen molar-refractivity contribution in [1.29, 1.82) is 0 Å².